The van der Waals surface area contributed by atoms with E-state index in [9.17, 15) is 0 Å². The Kier molecular flexibility index (Phi) is 7.40. The summed E-state index contributed by atoms with van der Waals surface area (Å²) in [7, 11) is 0. The Morgan fingerprint density at radius 3 is 1.90 bits per heavy atom. The molecule has 3 nitrogen and oxygen atoms in total. The third kappa shape index (κ3) is 5.12. The SMILES string of the molecule is c1ccc(-c2ccc(N(c3ccc4c(c3)sc3ccccc34)c3cc4c(cc3-c3cccc5c3oc3ccccc35)c3ccccc3n4-c3ccccc3)cc2)cc1. The predicted octanol–water partition coefficient (Wildman–Crippen LogP) is 15.9. The Hall–Kier alpha value is -7.40. The molecule has 0 aliphatic rings. The van der Waals surface area contributed by atoms with Gasteiger partial charge in [0, 0.05) is 69.9 Å². The molecule has 0 saturated heterocycles. The number of rotatable bonds is 6. The van der Waals surface area contributed by atoms with Gasteiger partial charge >= 0.3 is 0 Å². The largest absolute Gasteiger partial charge is 0.455 e. The fraction of sp³-hybridized carbons (Fsp3) is 0. The second kappa shape index (κ2) is 13.1. The molecule has 0 bridgehead atoms. The van der Waals surface area contributed by atoms with Crippen LogP contribution in [-0.2, 0) is 0 Å². The minimum Gasteiger partial charge on any atom is -0.455 e. The van der Waals surface area contributed by atoms with Gasteiger partial charge in [-0.25, -0.2) is 0 Å². The van der Waals surface area contributed by atoms with Crippen LogP contribution < -0.4 is 4.90 Å². The van der Waals surface area contributed by atoms with Crippen LogP contribution in [0, 0.1) is 0 Å². The van der Waals surface area contributed by atoms with E-state index >= 15 is 0 Å². The summed E-state index contributed by atoms with van der Waals surface area (Å²) in [4.78, 5) is 2.45. The normalized spacial score (nSPS) is 11.8. The predicted molar refractivity (Wildman–Crippen MR) is 247 cm³/mol. The molecule has 0 aliphatic carbocycles. The molecule has 0 N–H and O–H groups in total. The van der Waals surface area contributed by atoms with Crippen LogP contribution in [0.25, 0.3) is 91.9 Å². The Morgan fingerprint density at radius 1 is 0.397 bits per heavy atom. The average molecular weight is 759 g/mol. The number of furan rings is 1. The van der Waals surface area contributed by atoms with Gasteiger partial charge in [0.1, 0.15) is 11.2 Å². The fourth-order valence-electron chi connectivity index (χ4n) is 8.93. The molecule has 0 atom stereocenters. The van der Waals surface area contributed by atoms with Gasteiger partial charge in [-0.15, -0.1) is 11.3 Å². The number of hydrogen-bond donors (Lipinski definition) is 0. The van der Waals surface area contributed by atoms with E-state index in [4.69, 9.17) is 4.42 Å². The third-order valence-electron chi connectivity index (χ3n) is 11.6. The monoisotopic (exact) mass is 758 g/mol. The van der Waals surface area contributed by atoms with E-state index in [0.29, 0.717) is 0 Å². The summed E-state index contributed by atoms with van der Waals surface area (Å²) in [6, 6.07) is 74.5. The first-order valence-electron chi connectivity index (χ1n) is 19.7. The number of nitrogens with zero attached hydrogens (tertiary/aromatic N) is 2. The zero-order valence-corrected chi connectivity index (χ0v) is 32.2. The lowest BCUT2D eigenvalue weighted by Gasteiger charge is -2.29. The van der Waals surface area contributed by atoms with Crippen LogP contribution in [0.4, 0.5) is 17.1 Å². The van der Waals surface area contributed by atoms with Gasteiger partial charge in [-0.1, -0.05) is 140 Å². The van der Waals surface area contributed by atoms with Gasteiger partial charge in [0.15, 0.2) is 0 Å². The fourth-order valence-corrected chi connectivity index (χ4v) is 10.1. The van der Waals surface area contributed by atoms with Crippen molar-refractivity contribution in [3.8, 4) is 27.9 Å². The summed E-state index contributed by atoms with van der Waals surface area (Å²) in [5.74, 6) is 0. The number of anilines is 3. The molecule has 4 heteroatoms. The van der Waals surface area contributed by atoms with E-state index in [1.807, 2.05) is 17.4 Å². The van der Waals surface area contributed by atoms with Gasteiger partial charge in [-0.2, -0.15) is 0 Å². The van der Waals surface area contributed by atoms with Crippen molar-refractivity contribution in [2.75, 3.05) is 4.90 Å². The van der Waals surface area contributed by atoms with Crippen molar-refractivity contribution in [3.05, 3.63) is 206 Å². The van der Waals surface area contributed by atoms with Crippen LogP contribution in [0.15, 0.2) is 211 Å². The van der Waals surface area contributed by atoms with Crippen molar-refractivity contribution >= 4 is 92.3 Å². The minimum absolute atomic E-state index is 0.885. The Labute approximate surface area is 338 Å². The maximum Gasteiger partial charge on any atom is 0.143 e. The van der Waals surface area contributed by atoms with E-state index in [0.717, 1.165) is 61.3 Å². The van der Waals surface area contributed by atoms with Gasteiger partial charge in [-0.05, 0) is 77.9 Å². The highest BCUT2D eigenvalue weighted by molar-refractivity contribution is 7.25. The summed E-state index contributed by atoms with van der Waals surface area (Å²) in [6.07, 6.45) is 0. The molecule has 0 aliphatic heterocycles. The van der Waals surface area contributed by atoms with E-state index in [2.05, 4.69) is 210 Å². The molecule has 0 amide bonds. The first-order valence-corrected chi connectivity index (χ1v) is 20.5. The van der Waals surface area contributed by atoms with Crippen LogP contribution in [-0.4, -0.2) is 4.57 Å². The molecule has 12 aromatic rings. The maximum absolute atomic E-state index is 6.79. The molecule has 3 aromatic heterocycles. The van der Waals surface area contributed by atoms with Crippen LogP contribution >= 0.6 is 11.3 Å². The summed E-state index contributed by atoms with van der Waals surface area (Å²) in [5.41, 5.74) is 12.9. The molecule has 12 rings (SSSR count). The van der Waals surface area contributed by atoms with Gasteiger partial charge < -0.3 is 13.9 Å². The average Bonchev–Trinajstić information content (AvgIpc) is 3.96. The Balaban J connectivity index is 1.20. The zero-order valence-electron chi connectivity index (χ0n) is 31.3. The van der Waals surface area contributed by atoms with Crippen LogP contribution in [0.1, 0.15) is 0 Å². The first-order chi connectivity index (χ1) is 28.8. The van der Waals surface area contributed by atoms with Crippen LogP contribution in [0.2, 0.25) is 0 Å². The van der Waals surface area contributed by atoms with Crippen LogP contribution in [0.5, 0.6) is 0 Å². The lowest BCUT2D eigenvalue weighted by atomic mass is 9.96. The number of hydrogen-bond acceptors (Lipinski definition) is 3. The second-order valence-electron chi connectivity index (χ2n) is 14.9. The molecule has 0 fully saturated rings. The summed E-state index contributed by atoms with van der Waals surface area (Å²) >= 11 is 1.85. The van der Waals surface area contributed by atoms with E-state index in [1.54, 1.807) is 0 Å². The summed E-state index contributed by atoms with van der Waals surface area (Å²) in [6.45, 7) is 0. The number of thiophene rings is 1. The Bertz CT molecular complexity index is 3500. The molecule has 0 spiro atoms. The van der Waals surface area contributed by atoms with Crippen molar-refractivity contribution in [1.82, 2.24) is 4.57 Å². The van der Waals surface area contributed by atoms with Gasteiger partial charge in [0.05, 0.1) is 16.7 Å². The summed E-state index contributed by atoms with van der Waals surface area (Å²) in [5, 5.41) is 7.18. The second-order valence-corrected chi connectivity index (χ2v) is 16.0. The number of para-hydroxylation sites is 4. The highest BCUT2D eigenvalue weighted by atomic mass is 32.1. The smallest absolute Gasteiger partial charge is 0.143 e. The van der Waals surface area contributed by atoms with E-state index < -0.39 is 0 Å². The van der Waals surface area contributed by atoms with Crippen molar-refractivity contribution in [2.45, 2.75) is 0 Å². The zero-order chi connectivity index (χ0) is 38.2. The molecule has 0 saturated carbocycles. The number of fused-ring (bicyclic) bond motifs is 9. The standard InChI is InChI=1S/C54H34N2OS/c1-3-14-35(15-4-1)36-26-28-38(29-27-36)55(39-30-31-43-42-20-9-12-25-52(42)58-53(43)32-39)49-34-50-46(40-18-7-10-23-48(40)56(50)37-16-5-2-6-17-37)33-47(49)45-22-13-21-44-41-19-8-11-24-51(41)57-54(44)45/h1-34H. The van der Waals surface area contributed by atoms with Crippen molar-refractivity contribution < 1.29 is 4.42 Å². The molecule has 9 aromatic carbocycles. The highest BCUT2D eigenvalue weighted by Crippen LogP contribution is 2.49. The molecule has 272 valence electrons. The van der Waals surface area contributed by atoms with E-state index in [1.165, 1.54) is 47.6 Å². The maximum atomic E-state index is 6.79. The molecular weight excluding hydrogens is 725 g/mol. The third-order valence-corrected chi connectivity index (χ3v) is 12.7. The molecule has 3 heterocycles. The van der Waals surface area contributed by atoms with Gasteiger partial charge in [-0.3, -0.25) is 0 Å². The Morgan fingerprint density at radius 2 is 1.05 bits per heavy atom. The first kappa shape index (κ1) is 32.8. The number of benzene rings is 9. The molecular formula is C54H34N2OS. The van der Waals surface area contributed by atoms with Crippen molar-refractivity contribution in [1.29, 1.82) is 0 Å². The number of aromatic nitrogens is 1. The molecule has 58 heavy (non-hydrogen) atoms. The minimum atomic E-state index is 0.885. The van der Waals surface area contributed by atoms with E-state index in [-0.39, 0.29) is 0 Å². The lowest BCUT2D eigenvalue weighted by Crippen LogP contribution is -2.11. The van der Waals surface area contributed by atoms with Crippen molar-refractivity contribution in [2.24, 2.45) is 0 Å². The van der Waals surface area contributed by atoms with Crippen LogP contribution in [0.3, 0.4) is 0 Å². The van der Waals surface area contributed by atoms with Gasteiger partial charge in [0.2, 0.25) is 0 Å². The molecule has 0 unspecified atom stereocenters. The highest BCUT2D eigenvalue weighted by Gasteiger charge is 2.25. The van der Waals surface area contributed by atoms with Crippen molar-refractivity contribution in [3.63, 3.8) is 0 Å². The van der Waals surface area contributed by atoms with Gasteiger partial charge in [0.25, 0.3) is 0 Å². The summed E-state index contributed by atoms with van der Waals surface area (Å²) < 4.78 is 11.7. The topological polar surface area (TPSA) is 21.3 Å². The quantitative estimate of drug-likeness (QED) is 0.168. The lowest BCUT2D eigenvalue weighted by molar-refractivity contribution is 0.670. The molecule has 0 radical (unpaired) electrons.